The van der Waals surface area contributed by atoms with Gasteiger partial charge in [-0.1, -0.05) is 40.0 Å². The first kappa shape index (κ1) is 14.7. The van der Waals surface area contributed by atoms with Crippen molar-refractivity contribution < 1.29 is 14.3 Å². The molecule has 100 valence electrons. The van der Waals surface area contributed by atoms with E-state index < -0.39 is 5.79 Å². The molecule has 0 aromatic heterocycles. The van der Waals surface area contributed by atoms with E-state index in [9.17, 15) is 4.79 Å². The molecule has 3 heteroatoms. The van der Waals surface area contributed by atoms with Gasteiger partial charge in [-0.2, -0.15) is 0 Å². The molecule has 1 aliphatic rings. The summed E-state index contributed by atoms with van der Waals surface area (Å²) in [5.74, 6) is -0.717. The first-order chi connectivity index (χ1) is 8.16. The van der Waals surface area contributed by atoms with Gasteiger partial charge in [0.2, 0.25) is 5.79 Å². The Morgan fingerprint density at radius 1 is 1.18 bits per heavy atom. The van der Waals surface area contributed by atoms with Gasteiger partial charge in [-0.05, 0) is 12.8 Å². The second-order valence-electron chi connectivity index (χ2n) is 4.96. The second-order valence-corrected chi connectivity index (χ2v) is 4.96. The maximum atomic E-state index is 12.4. The topological polar surface area (TPSA) is 35.5 Å². The Balaban J connectivity index is 2.59. The lowest BCUT2D eigenvalue weighted by atomic mass is 9.91. The lowest BCUT2D eigenvalue weighted by Gasteiger charge is -2.28. The fourth-order valence-corrected chi connectivity index (χ4v) is 2.29. The van der Waals surface area contributed by atoms with E-state index in [0.29, 0.717) is 19.6 Å². The zero-order valence-electron chi connectivity index (χ0n) is 11.5. The fourth-order valence-electron chi connectivity index (χ4n) is 2.29. The molecule has 1 saturated heterocycles. The standard InChI is InChI=1S/C14H26O3/c1-4-6-8-12(3)13(15)14(9-7-5-2)16-10-11-17-14/h12H,4-11H2,1-3H3. The maximum absolute atomic E-state index is 12.4. The lowest BCUT2D eigenvalue weighted by molar-refractivity contribution is -0.187. The molecule has 1 unspecified atom stereocenters. The summed E-state index contributed by atoms with van der Waals surface area (Å²) in [4.78, 5) is 12.4. The number of hydrogen-bond donors (Lipinski definition) is 0. The summed E-state index contributed by atoms with van der Waals surface area (Å²) < 4.78 is 11.3. The highest BCUT2D eigenvalue weighted by molar-refractivity contribution is 5.88. The van der Waals surface area contributed by atoms with Gasteiger partial charge in [-0.15, -0.1) is 0 Å². The van der Waals surface area contributed by atoms with Crippen molar-refractivity contribution in [2.24, 2.45) is 5.92 Å². The van der Waals surface area contributed by atoms with Gasteiger partial charge in [-0.25, -0.2) is 0 Å². The molecule has 3 nitrogen and oxygen atoms in total. The van der Waals surface area contributed by atoms with Crippen LogP contribution >= 0.6 is 0 Å². The van der Waals surface area contributed by atoms with Gasteiger partial charge < -0.3 is 9.47 Å². The molecule has 0 radical (unpaired) electrons. The van der Waals surface area contributed by atoms with Crippen LogP contribution in [0.15, 0.2) is 0 Å². The van der Waals surface area contributed by atoms with E-state index in [1.54, 1.807) is 0 Å². The van der Waals surface area contributed by atoms with Gasteiger partial charge in [0.1, 0.15) is 0 Å². The molecular weight excluding hydrogens is 216 g/mol. The summed E-state index contributed by atoms with van der Waals surface area (Å²) in [6.07, 6.45) is 5.91. The van der Waals surface area contributed by atoms with Crippen LogP contribution in [0.3, 0.4) is 0 Å². The lowest BCUT2D eigenvalue weighted by Crippen LogP contribution is -2.43. The fraction of sp³-hybridized carbons (Fsp3) is 0.929. The predicted molar refractivity (Wildman–Crippen MR) is 67.9 cm³/mol. The van der Waals surface area contributed by atoms with Crippen LogP contribution in [0, 0.1) is 5.92 Å². The number of ether oxygens (including phenoxy) is 2. The summed E-state index contributed by atoms with van der Waals surface area (Å²) >= 11 is 0. The second kappa shape index (κ2) is 7.12. The van der Waals surface area contributed by atoms with Crippen molar-refractivity contribution in [2.45, 2.75) is 65.1 Å². The van der Waals surface area contributed by atoms with E-state index in [2.05, 4.69) is 13.8 Å². The molecule has 0 aliphatic carbocycles. The largest absolute Gasteiger partial charge is 0.341 e. The van der Waals surface area contributed by atoms with Gasteiger partial charge in [-0.3, -0.25) is 4.79 Å². The Morgan fingerprint density at radius 3 is 2.29 bits per heavy atom. The average Bonchev–Trinajstić information content (AvgIpc) is 2.82. The van der Waals surface area contributed by atoms with Crippen LogP contribution in [-0.4, -0.2) is 24.8 Å². The van der Waals surface area contributed by atoms with Crippen molar-refractivity contribution in [3.8, 4) is 0 Å². The monoisotopic (exact) mass is 242 g/mol. The van der Waals surface area contributed by atoms with Crippen molar-refractivity contribution in [3.63, 3.8) is 0 Å². The highest BCUT2D eigenvalue weighted by atomic mass is 16.7. The summed E-state index contributed by atoms with van der Waals surface area (Å²) in [7, 11) is 0. The van der Waals surface area contributed by atoms with E-state index >= 15 is 0 Å². The molecule has 1 heterocycles. The first-order valence-electron chi connectivity index (χ1n) is 6.98. The van der Waals surface area contributed by atoms with Crippen LogP contribution in [0.25, 0.3) is 0 Å². The number of ketones is 1. The molecule has 0 N–H and O–H groups in total. The molecule has 17 heavy (non-hydrogen) atoms. The van der Waals surface area contributed by atoms with Crippen LogP contribution in [0.2, 0.25) is 0 Å². The van der Waals surface area contributed by atoms with Gasteiger partial charge in [0.15, 0.2) is 5.78 Å². The van der Waals surface area contributed by atoms with Crippen molar-refractivity contribution >= 4 is 5.78 Å². The van der Waals surface area contributed by atoms with E-state index in [4.69, 9.17) is 9.47 Å². The predicted octanol–water partition coefficient (Wildman–Crippen LogP) is 3.32. The molecule has 1 rings (SSSR count). The SMILES string of the molecule is CCCCC(C)C(=O)C1(CCCC)OCCO1. The Bertz CT molecular complexity index is 232. The normalized spacial score (nSPS) is 20.4. The van der Waals surface area contributed by atoms with Crippen LogP contribution in [0.5, 0.6) is 0 Å². The van der Waals surface area contributed by atoms with Crippen molar-refractivity contribution in [1.29, 1.82) is 0 Å². The minimum absolute atomic E-state index is 0.0462. The van der Waals surface area contributed by atoms with Gasteiger partial charge in [0.05, 0.1) is 13.2 Å². The van der Waals surface area contributed by atoms with Gasteiger partial charge >= 0.3 is 0 Å². The van der Waals surface area contributed by atoms with Crippen LogP contribution in [0.4, 0.5) is 0 Å². The molecule has 0 spiro atoms. The Labute approximate surface area is 105 Å². The zero-order chi connectivity index (χ0) is 12.7. The summed E-state index contributed by atoms with van der Waals surface area (Å²) in [5.41, 5.74) is 0. The number of carbonyl (C=O) groups is 1. The molecule has 0 aromatic carbocycles. The molecule has 1 aliphatic heterocycles. The molecule has 0 bridgehead atoms. The highest BCUT2D eigenvalue weighted by Gasteiger charge is 2.45. The van der Waals surface area contributed by atoms with E-state index in [-0.39, 0.29) is 11.7 Å². The number of hydrogen-bond acceptors (Lipinski definition) is 3. The maximum Gasteiger partial charge on any atom is 0.229 e. The number of carbonyl (C=O) groups excluding carboxylic acids is 1. The van der Waals surface area contributed by atoms with Gasteiger partial charge in [0.25, 0.3) is 0 Å². The zero-order valence-corrected chi connectivity index (χ0v) is 11.5. The van der Waals surface area contributed by atoms with Crippen molar-refractivity contribution in [3.05, 3.63) is 0 Å². The number of rotatable bonds is 8. The highest BCUT2D eigenvalue weighted by Crippen LogP contribution is 2.31. The van der Waals surface area contributed by atoms with E-state index in [1.807, 2.05) is 6.92 Å². The third-order valence-corrected chi connectivity index (χ3v) is 3.43. The van der Waals surface area contributed by atoms with E-state index in [0.717, 1.165) is 32.1 Å². The first-order valence-corrected chi connectivity index (χ1v) is 6.98. The number of Topliss-reactive ketones (excluding diaryl/α,β-unsaturated/α-hetero) is 1. The Hall–Kier alpha value is -0.410. The Kier molecular flexibility index (Phi) is 6.14. The molecule has 0 amide bonds. The summed E-state index contributed by atoms with van der Waals surface area (Å²) in [6.45, 7) is 7.36. The average molecular weight is 242 g/mol. The van der Waals surface area contributed by atoms with Gasteiger partial charge in [0, 0.05) is 12.3 Å². The van der Waals surface area contributed by atoms with Crippen LogP contribution in [0.1, 0.15) is 59.3 Å². The molecule has 0 saturated carbocycles. The smallest absolute Gasteiger partial charge is 0.229 e. The quantitative estimate of drug-likeness (QED) is 0.655. The third kappa shape index (κ3) is 3.78. The third-order valence-electron chi connectivity index (χ3n) is 3.43. The molecule has 1 fully saturated rings. The number of unbranched alkanes of at least 4 members (excludes halogenated alkanes) is 2. The van der Waals surface area contributed by atoms with Crippen LogP contribution in [-0.2, 0) is 14.3 Å². The minimum Gasteiger partial charge on any atom is -0.341 e. The molecule has 0 aromatic rings. The minimum atomic E-state index is -0.914. The van der Waals surface area contributed by atoms with E-state index in [1.165, 1.54) is 0 Å². The van der Waals surface area contributed by atoms with Crippen LogP contribution < -0.4 is 0 Å². The summed E-state index contributed by atoms with van der Waals surface area (Å²) in [6, 6.07) is 0. The van der Waals surface area contributed by atoms with Crippen molar-refractivity contribution in [1.82, 2.24) is 0 Å². The molecule has 1 atom stereocenters. The summed E-state index contributed by atoms with van der Waals surface area (Å²) in [5, 5.41) is 0. The van der Waals surface area contributed by atoms with Crippen molar-refractivity contribution in [2.75, 3.05) is 13.2 Å². The molecular formula is C14H26O3. The Morgan fingerprint density at radius 2 is 1.76 bits per heavy atom.